The largest absolute Gasteiger partial charge is 0.454 e. The second-order valence-corrected chi connectivity index (χ2v) is 4.25. The van der Waals surface area contributed by atoms with E-state index in [9.17, 15) is 4.79 Å². The Kier molecular flexibility index (Phi) is 3.13. The van der Waals surface area contributed by atoms with Gasteiger partial charge in [-0.15, -0.1) is 0 Å². The van der Waals surface area contributed by atoms with Crippen LogP contribution >= 0.6 is 0 Å². The zero-order valence-electron chi connectivity index (χ0n) is 9.66. The molecule has 0 fully saturated rings. The van der Waals surface area contributed by atoms with E-state index in [0.29, 0.717) is 19.1 Å². The van der Waals surface area contributed by atoms with Crippen molar-refractivity contribution in [2.24, 2.45) is 0 Å². The Hall–Kier alpha value is -1.51. The van der Waals surface area contributed by atoms with Crippen molar-refractivity contribution in [2.75, 3.05) is 6.79 Å². The Labute approximate surface area is 95.4 Å². The van der Waals surface area contributed by atoms with Crippen LogP contribution in [0.4, 0.5) is 0 Å². The summed E-state index contributed by atoms with van der Waals surface area (Å²) in [6.45, 7) is 4.06. The van der Waals surface area contributed by atoms with E-state index in [4.69, 9.17) is 9.47 Å². The fraction of sp³-hybridized carbons (Fsp3) is 0.462. The topological polar surface area (TPSA) is 35.5 Å². The van der Waals surface area contributed by atoms with Crippen molar-refractivity contribution in [3.8, 4) is 11.5 Å². The molecule has 1 aliphatic heterocycles. The van der Waals surface area contributed by atoms with Gasteiger partial charge in [0.25, 0.3) is 0 Å². The molecular formula is C13H16O3. The van der Waals surface area contributed by atoms with Gasteiger partial charge in [0.1, 0.15) is 5.78 Å². The van der Waals surface area contributed by atoms with Crippen LogP contribution in [0.1, 0.15) is 38.2 Å². The molecule has 3 heteroatoms. The highest BCUT2D eigenvalue weighted by Gasteiger charge is 2.15. The number of hydrogen-bond donors (Lipinski definition) is 0. The lowest BCUT2D eigenvalue weighted by molar-refractivity contribution is -0.117. The van der Waals surface area contributed by atoms with Crippen LogP contribution in [-0.4, -0.2) is 12.6 Å². The lowest BCUT2D eigenvalue weighted by Crippen LogP contribution is -1.98. The zero-order chi connectivity index (χ0) is 11.5. The van der Waals surface area contributed by atoms with Crippen LogP contribution in [0, 0.1) is 0 Å². The molecule has 0 saturated heterocycles. The number of carbonyl (C=O) groups is 1. The zero-order valence-corrected chi connectivity index (χ0v) is 9.66. The quantitative estimate of drug-likeness (QED) is 0.782. The first kappa shape index (κ1) is 11.0. The first-order chi connectivity index (χ1) is 7.66. The molecule has 0 bridgehead atoms. The minimum atomic E-state index is 0.243. The van der Waals surface area contributed by atoms with E-state index in [1.165, 1.54) is 5.56 Å². The van der Waals surface area contributed by atoms with E-state index in [2.05, 4.69) is 6.92 Å². The molecule has 86 valence electrons. The molecule has 1 aromatic carbocycles. The first-order valence-electron chi connectivity index (χ1n) is 5.56. The molecule has 0 aromatic heterocycles. The average Bonchev–Trinajstić information content (AvgIpc) is 2.72. The molecule has 0 radical (unpaired) electrons. The van der Waals surface area contributed by atoms with Crippen LogP contribution in [-0.2, 0) is 4.79 Å². The van der Waals surface area contributed by atoms with Crippen molar-refractivity contribution in [2.45, 2.75) is 32.6 Å². The van der Waals surface area contributed by atoms with Gasteiger partial charge in [-0.3, -0.25) is 0 Å². The summed E-state index contributed by atoms with van der Waals surface area (Å²) in [4.78, 5) is 10.9. The number of carbonyl (C=O) groups excluding carboxylic acids is 1. The average molecular weight is 220 g/mol. The molecule has 0 N–H and O–H groups in total. The summed E-state index contributed by atoms with van der Waals surface area (Å²) in [6.07, 6.45) is 1.52. The van der Waals surface area contributed by atoms with Crippen molar-refractivity contribution in [1.29, 1.82) is 0 Å². The molecule has 0 saturated carbocycles. The number of Topliss-reactive ketones (excluding diaryl/α,β-unsaturated/α-hetero) is 1. The summed E-state index contributed by atoms with van der Waals surface area (Å²) in [7, 11) is 0. The van der Waals surface area contributed by atoms with Crippen molar-refractivity contribution < 1.29 is 14.3 Å². The molecule has 1 heterocycles. The van der Waals surface area contributed by atoms with Crippen LogP contribution in [0.5, 0.6) is 11.5 Å². The lowest BCUT2D eigenvalue weighted by Gasteiger charge is -2.11. The minimum Gasteiger partial charge on any atom is -0.454 e. The van der Waals surface area contributed by atoms with E-state index >= 15 is 0 Å². The summed E-state index contributed by atoms with van der Waals surface area (Å²) in [6, 6.07) is 5.98. The fourth-order valence-electron chi connectivity index (χ4n) is 1.81. The summed E-state index contributed by atoms with van der Waals surface area (Å²) in [5.74, 6) is 2.24. The third-order valence-corrected chi connectivity index (χ3v) is 2.90. The van der Waals surface area contributed by atoms with E-state index in [1.807, 2.05) is 18.2 Å². The number of benzene rings is 1. The molecule has 2 rings (SSSR count). The summed E-state index contributed by atoms with van der Waals surface area (Å²) in [5, 5.41) is 0. The second kappa shape index (κ2) is 4.56. The van der Waals surface area contributed by atoms with Crippen LogP contribution in [0.2, 0.25) is 0 Å². The Balaban J connectivity index is 2.06. The van der Waals surface area contributed by atoms with Gasteiger partial charge in [-0.05, 0) is 37.0 Å². The number of rotatable bonds is 4. The standard InChI is InChI=1S/C13H16O3/c1-9(3-4-10(2)14)11-5-6-12-13(7-11)16-8-15-12/h5-7,9H,3-4,8H2,1-2H3. The van der Waals surface area contributed by atoms with Crippen molar-refractivity contribution in [1.82, 2.24) is 0 Å². The summed E-state index contributed by atoms with van der Waals surface area (Å²) >= 11 is 0. The molecule has 0 amide bonds. The summed E-state index contributed by atoms with van der Waals surface area (Å²) < 4.78 is 10.6. The van der Waals surface area contributed by atoms with Gasteiger partial charge in [0.05, 0.1) is 0 Å². The summed E-state index contributed by atoms with van der Waals surface area (Å²) in [5.41, 5.74) is 1.20. The second-order valence-electron chi connectivity index (χ2n) is 4.25. The molecule has 0 aliphatic carbocycles. The Morgan fingerprint density at radius 2 is 2.12 bits per heavy atom. The molecular weight excluding hydrogens is 204 g/mol. The van der Waals surface area contributed by atoms with Gasteiger partial charge in [-0.25, -0.2) is 0 Å². The van der Waals surface area contributed by atoms with Crippen LogP contribution in [0.3, 0.4) is 0 Å². The molecule has 1 unspecified atom stereocenters. The predicted molar refractivity (Wildman–Crippen MR) is 60.9 cm³/mol. The fourth-order valence-corrected chi connectivity index (χ4v) is 1.81. The monoisotopic (exact) mass is 220 g/mol. The maximum atomic E-state index is 10.9. The maximum Gasteiger partial charge on any atom is 0.231 e. The smallest absolute Gasteiger partial charge is 0.231 e. The highest BCUT2D eigenvalue weighted by Crippen LogP contribution is 2.35. The van der Waals surface area contributed by atoms with Crippen molar-refractivity contribution >= 4 is 5.78 Å². The van der Waals surface area contributed by atoms with Gasteiger partial charge >= 0.3 is 0 Å². The first-order valence-corrected chi connectivity index (χ1v) is 5.56. The molecule has 16 heavy (non-hydrogen) atoms. The van der Waals surface area contributed by atoms with Crippen LogP contribution in [0.15, 0.2) is 18.2 Å². The maximum absolute atomic E-state index is 10.9. The Morgan fingerprint density at radius 1 is 1.38 bits per heavy atom. The SMILES string of the molecule is CC(=O)CCC(C)c1ccc2c(c1)OCO2. The Bertz CT molecular complexity index is 398. The number of hydrogen-bond acceptors (Lipinski definition) is 3. The van der Waals surface area contributed by atoms with Gasteiger partial charge in [-0.1, -0.05) is 13.0 Å². The van der Waals surface area contributed by atoms with Gasteiger partial charge in [0, 0.05) is 6.42 Å². The number of ketones is 1. The van der Waals surface area contributed by atoms with Gasteiger partial charge < -0.3 is 14.3 Å². The molecule has 1 aliphatic rings. The molecule has 0 spiro atoms. The van der Waals surface area contributed by atoms with Crippen LogP contribution < -0.4 is 9.47 Å². The van der Waals surface area contributed by atoms with E-state index in [1.54, 1.807) is 6.92 Å². The van der Waals surface area contributed by atoms with Crippen molar-refractivity contribution in [3.63, 3.8) is 0 Å². The lowest BCUT2D eigenvalue weighted by atomic mass is 9.95. The molecule has 1 aromatic rings. The van der Waals surface area contributed by atoms with Gasteiger partial charge in [0.2, 0.25) is 6.79 Å². The third kappa shape index (κ3) is 2.35. The Morgan fingerprint density at radius 3 is 2.88 bits per heavy atom. The van der Waals surface area contributed by atoms with Gasteiger partial charge in [0.15, 0.2) is 11.5 Å². The van der Waals surface area contributed by atoms with E-state index in [-0.39, 0.29) is 5.78 Å². The molecule has 3 nitrogen and oxygen atoms in total. The molecule has 1 atom stereocenters. The van der Waals surface area contributed by atoms with Crippen molar-refractivity contribution in [3.05, 3.63) is 23.8 Å². The third-order valence-electron chi connectivity index (χ3n) is 2.90. The normalized spacial score (nSPS) is 14.9. The van der Waals surface area contributed by atoms with Gasteiger partial charge in [-0.2, -0.15) is 0 Å². The van der Waals surface area contributed by atoms with E-state index in [0.717, 1.165) is 17.9 Å². The van der Waals surface area contributed by atoms with E-state index < -0.39 is 0 Å². The minimum absolute atomic E-state index is 0.243. The van der Waals surface area contributed by atoms with Crippen LogP contribution in [0.25, 0.3) is 0 Å². The highest BCUT2D eigenvalue weighted by molar-refractivity contribution is 5.75. The number of fused-ring (bicyclic) bond motifs is 1. The highest BCUT2D eigenvalue weighted by atomic mass is 16.7. The predicted octanol–water partition coefficient (Wildman–Crippen LogP) is 2.89. The number of ether oxygens (including phenoxy) is 2.